The Kier molecular flexibility index (Phi) is 4.33. The van der Waals surface area contributed by atoms with Gasteiger partial charge in [-0.2, -0.15) is 0 Å². The van der Waals surface area contributed by atoms with E-state index in [0.717, 1.165) is 31.6 Å². The Morgan fingerprint density at radius 2 is 1.96 bits per heavy atom. The van der Waals surface area contributed by atoms with Crippen molar-refractivity contribution in [1.82, 2.24) is 9.80 Å². The first kappa shape index (κ1) is 16.4. The number of hydrogen-bond acceptors (Lipinski definition) is 4. The molecular weight excluding hydrogens is 312 g/mol. The van der Waals surface area contributed by atoms with Crippen LogP contribution in [-0.4, -0.2) is 60.7 Å². The molecule has 5 unspecified atom stereocenters. The second kappa shape index (κ2) is 6.33. The van der Waals surface area contributed by atoms with Crippen molar-refractivity contribution in [3.05, 3.63) is 35.4 Å². The number of rotatable bonds is 2. The monoisotopic (exact) mass is 337 g/mol. The van der Waals surface area contributed by atoms with Crippen molar-refractivity contribution in [2.45, 2.75) is 49.5 Å². The first-order chi connectivity index (χ1) is 11.5. The quantitative estimate of drug-likeness (QED) is 0.895. The van der Waals surface area contributed by atoms with Crippen LogP contribution in [0.1, 0.15) is 30.9 Å². The zero-order valence-corrected chi connectivity index (χ0v) is 14.0. The molecule has 3 aliphatic rings. The van der Waals surface area contributed by atoms with Crippen molar-refractivity contribution < 1.29 is 13.5 Å². The highest BCUT2D eigenvalue weighted by atomic mass is 19.1. The van der Waals surface area contributed by atoms with Gasteiger partial charge in [0.2, 0.25) is 0 Å². The van der Waals surface area contributed by atoms with Crippen LogP contribution in [0.2, 0.25) is 0 Å². The summed E-state index contributed by atoms with van der Waals surface area (Å²) in [5, 5.41) is 0. The maximum absolute atomic E-state index is 14.0. The molecule has 0 spiro atoms. The van der Waals surface area contributed by atoms with Gasteiger partial charge in [0.1, 0.15) is 17.7 Å². The van der Waals surface area contributed by atoms with E-state index in [9.17, 15) is 8.78 Å². The fourth-order valence-electron chi connectivity index (χ4n) is 4.82. The van der Waals surface area contributed by atoms with E-state index >= 15 is 0 Å². The summed E-state index contributed by atoms with van der Waals surface area (Å²) >= 11 is 0. The van der Waals surface area contributed by atoms with E-state index in [4.69, 9.17) is 10.5 Å². The van der Waals surface area contributed by atoms with Gasteiger partial charge in [-0.3, -0.25) is 4.90 Å². The van der Waals surface area contributed by atoms with Crippen LogP contribution in [0.15, 0.2) is 18.2 Å². The van der Waals surface area contributed by atoms with Crippen LogP contribution in [0.3, 0.4) is 0 Å². The fraction of sp³-hybridized carbons (Fsp3) is 0.667. The van der Waals surface area contributed by atoms with Gasteiger partial charge in [-0.15, -0.1) is 0 Å². The summed E-state index contributed by atoms with van der Waals surface area (Å²) in [7, 11) is 2.19. The molecule has 4 rings (SSSR count). The van der Waals surface area contributed by atoms with Crippen LogP contribution in [-0.2, 0) is 4.74 Å². The van der Waals surface area contributed by atoms with E-state index in [1.807, 2.05) is 0 Å². The standard InChI is InChI=1S/C18H25F2N3O/c1-22-6-4-17-16(22)5-7-23(17)12-9-15(21)18(24-10-12)13-8-11(19)2-3-14(13)20/h2-3,8,12,15-18H,4-7,9-10,21H2,1H3. The lowest BCUT2D eigenvalue weighted by Crippen LogP contribution is -2.51. The molecule has 0 amide bonds. The number of hydrogen-bond donors (Lipinski definition) is 1. The molecule has 24 heavy (non-hydrogen) atoms. The number of ether oxygens (including phenoxy) is 1. The summed E-state index contributed by atoms with van der Waals surface area (Å²) in [6, 6.07) is 4.65. The lowest BCUT2D eigenvalue weighted by atomic mass is 9.93. The molecule has 3 heterocycles. The number of likely N-dealkylation sites (N-methyl/N-ethyl adjacent to an activating group) is 1. The molecule has 132 valence electrons. The van der Waals surface area contributed by atoms with E-state index in [2.05, 4.69) is 16.8 Å². The first-order valence-electron chi connectivity index (χ1n) is 8.82. The van der Waals surface area contributed by atoms with Gasteiger partial charge in [0, 0.05) is 36.3 Å². The van der Waals surface area contributed by atoms with Crippen LogP contribution in [0, 0.1) is 11.6 Å². The lowest BCUT2D eigenvalue weighted by Gasteiger charge is -2.40. The predicted octanol–water partition coefficient (Wildman–Crippen LogP) is 1.90. The van der Waals surface area contributed by atoms with E-state index in [0.29, 0.717) is 18.7 Å². The van der Waals surface area contributed by atoms with Crippen LogP contribution < -0.4 is 5.73 Å². The van der Waals surface area contributed by atoms with Crippen molar-refractivity contribution in [1.29, 1.82) is 0 Å². The molecular formula is C18H25F2N3O. The van der Waals surface area contributed by atoms with Gasteiger partial charge in [-0.25, -0.2) is 8.78 Å². The Morgan fingerprint density at radius 3 is 2.75 bits per heavy atom. The Balaban J connectivity index is 1.46. The highest BCUT2D eigenvalue weighted by Gasteiger charge is 2.45. The summed E-state index contributed by atoms with van der Waals surface area (Å²) in [5.74, 6) is -0.908. The minimum absolute atomic E-state index is 0.237. The van der Waals surface area contributed by atoms with Crippen molar-refractivity contribution in [3.8, 4) is 0 Å². The topological polar surface area (TPSA) is 41.7 Å². The van der Waals surface area contributed by atoms with E-state index in [1.165, 1.54) is 18.9 Å². The number of benzene rings is 1. The second-order valence-electron chi connectivity index (χ2n) is 7.40. The maximum atomic E-state index is 14.0. The molecule has 1 aromatic rings. The molecule has 3 aliphatic heterocycles. The largest absolute Gasteiger partial charge is 0.370 e. The van der Waals surface area contributed by atoms with Crippen molar-refractivity contribution in [2.24, 2.45) is 5.73 Å². The summed E-state index contributed by atoms with van der Waals surface area (Å²) < 4.78 is 33.4. The highest BCUT2D eigenvalue weighted by molar-refractivity contribution is 5.23. The first-order valence-corrected chi connectivity index (χ1v) is 8.82. The number of nitrogens with two attached hydrogens (primary N) is 1. The maximum Gasteiger partial charge on any atom is 0.129 e. The number of likely N-dealkylation sites (tertiary alicyclic amines) is 2. The second-order valence-corrected chi connectivity index (χ2v) is 7.40. The average Bonchev–Trinajstić information content (AvgIpc) is 3.13. The summed E-state index contributed by atoms with van der Waals surface area (Å²) in [5.41, 5.74) is 6.54. The number of fused-ring (bicyclic) bond motifs is 1. The van der Waals surface area contributed by atoms with Gasteiger partial charge in [-0.1, -0.05) is 0 Å². The van der Waals surface area contributed by atoms with Crippen molar-refractivity contribution in [2.75, 3.05) is 26.7 Å². The Bertz CT molecular complexity index is 614. The molecule has 2 N–H and O–H groups in total. The minimum Gasteiger partial charge on any atom is -0.370 e. The van der Waals surface area contributed by atoms with Crippen LogP contribution in [0.25, 0.3) is 0 Å². The zero-order chi connectivity index (χ0) is 16.8. The molecule has 3 saturated heterocycles. The summed E-state index contributed by atoms with van der Waals surface area (Å²) in [4.78, 5) is 4.98. The lowest BCUT2D eigenvalue weighted by molar-refractivity contribution is -0.0546. The predicted molar refractivity (Wildman–Crippen MR) is 87.6 cm³/mol. The molecule has 0 radical (unpaired) electrons. The summed E-state index contributed by atoms with van der Waals surface area (Å²) in [6.45, 7) is 2.74. The smallest absolute Gasteiger partial charge is 0.129 e. The molecule has 4 nitrogen and oxygen atoms in total. The van der Waals surface area contributed by atoms with Gasteiger partial charge >= 0.3 is 0 Å². The molecule has 0 saturated carbocycles. The molecule has 0 aromatic heterocycles. The third-order valence-corrected chi connectivity index (χ3v) is 6.03. The highest BCUT2D eigenvalue weighted by Crippen LogP contribution is 2.37. The third kappa shape index (κ3) is 2.75. The molecule has 3 fully saturated rings. The van der Waals surface area contributed by atoms with Gasteiger partial charge in [0.15, 0.2) is 0 Å². The third-order valence-electron chi connectivity index (χ3n) is 6.03. The average molecular weight is 337 g/mol. The number of halogens is 2. The van der Waals surface area contributed by atoms with E-state index in [-0.39, 0.29) is 17.6 Å². The van der Waals surface area contributed by atoms with Gasteiger partial charge in [0.25, 0.3) is 0 Å². The molecule has 0 bridgehead atoms. The molecule has 6 heteroatoms. The molecule has 5 atom stereocenters. The van der Waals surface area contributed by atoms with Crippen LogP contribution >= 0.6 is 0 Å². The Morgan fingerprint density at radius 1 is 1.17 bits per heavy atom. The summed E-state index contributed by atoms with van der Waals surface area (Å²) in [6.07, 6.45) is 2.57. The Labute approximate surface area is 141 Å². The minimum atomic E-state index is -0.568. The SMILES string of the molecule is CN1CCC2C1CCN2C1COC(c2cc(F)ccc2F)C(N)C1. The number of nitrogens with zero attached hydrogens (tertiary/aromatic N) is 2. The van der Waals surface area contributed by atoms with Crippen LogP contribution in [0.4, 0.5) is 8.78 Å². The van der Waals surface area contributed by atoms with Gasteiger partial charge in [-0.05, 0) is 51.1 Å². The van der Waals surface area contributed by atoms with E-state index < -0.39 is 17.7 Å². The van der Waals surface area contributed by atoms with Crippen molar-refractivity contribution in [3.63, 3.8) is 0 Å². The van der Waals surface area contributed by atoms with Crippen molar-refractivity contribution >= 4 is 0 Å². The van der Waals surface area contributed by atoms with Crippen LogP contribution in [0.5, 0.6) is 0 Å². The van der Waals surface area contributed by atoms with E-state index in [1.54, 1.807) is 0 Å². The van der Waals surface area contributed by atoms with Gasteiger partial charge < -0.3 is 15.4 Å². The van der Waals surface area contributed by atoms with Gasteiger partial charge in [0.05, 0.1) is 6.61 Å². The Hall–Kier alpha value is -1.08. The normalized spacial score (nSPS) is 37.8. The zero-order valence-electron chi connectivity index (χ0n) is 14.0. The molecule has 1 aromatic carbocycles. The molecule has 0 aliphatic carbocycles. The fourth-order valence-corrected chi connectivity index (χ4v) is 4.82.